The average molecular weight is 206 g/mol. The Morgan fingerprint density at radius 2 is 2.27 bits per heavy atom. The summed E-state index contributed by atoms with van der Waals surface area (Å²) in [5.74, 6) is 0. The predicted molar refractivity (Wildman–Crippen MR) is 64.7 cm³/mol. The second-order valence-electron chi connectivity index (χ2n) is 3.99. The van der Waals surface area contributed by atoms with Crippen molar-refractivity contribution < 1.29 is 0 Å². The first-order valence-corrected chi connectivity index (χ1v) is 5.99. The van der Waals surface area contributed by atoms with E-state index in [0.29, 0.717) is 6.04 Å². The fourth-order valence-corrected chi connectivity index (χ4v) is 1.67. The van der Waals surface area contributed by atoms with Crippen LogP contribution >= 0.6 is 0 Å². The molecule has 2 heteroatoms. The Hall–Kier alpha value is -0.890. The summed E-state index contributed by atoms with van der Waals surface area (Å²) in [6.45, 7) is 5.43. The van der Waals surface area contributed by atoms with Gasteiger partial charge in [-0.25, -0.2) is 0 Å². The van der Waals surface area contributed by atoms with Crippen molar-refractivity contribution in [2.45, 2.75) is 52.1 Å². The summed E-state index contributed by atoms with van der Waals surface area (Å²) in [4.78, 5) is 4.11. The molecule has 0 saturated carbocycles. The van der Waals surface area contributed by atoms with Gasteiger partial charge in [-0.15, -0.1) is 0 Å². The van der Waals surface area contributed by atoms with Crippen LogP contribution in [0.1, 0.15) is 45.1 Å². The number of unbranched alkanes of at least 4 members (excludes halogenated alkanes) is 1. The van der Waals surface area contributed by atoms with E-state index in [1.807, 2.05) is 18.5 Å². The highest BCUT2D eigenvalue weighted by Gasteiger charge is 2.04. The lowest BCUT2D eigenvalue weighted by molar-refractivity contribution is 0.452. The number of pyridine rings is 1. The van der Waals surface area contributed by atoms with Crippen LogP contribution in [0, 0.1) is 0 Å². The van der Waals surface area contributed by atoms with Crippen molar-refractivity contribution in [1.29, 1.82) is 0 Å². The van der Waals surface area contributed by atoms with Crippen molar-refractivity contribution in [1.82, 2.24) is 10.3 Å². The van der Waals surface area contributed by atoms with Gasteiger partial charge in [0.15, 0.2) is 0 Å². The highest BCUT2D eigenvalue weighted by Crippen LogP contribution is 2.05. The van der Waals surface area contributed by atoms with Crippen LogP contribution in [0.3, 0.4) is 0 Å². The van der Waals surface area contributed by atoms with Gasteiger partial charge in [0, 0.05) is 25.0 Å². The molecule has 1 atom stereocenters. The van der Waals surface area contributed by atoms with Gasteiger partial charge in [0.05, 0.1) is 0 Å². The normalized spacial score (nSPS) is 12.7. The molecular weight excluding hydrogens is 184 g/mol. The molecule has 15 heavy (non-hydrogen) atoms. The second kappa shape index (κ2) is 7.41. The molecular formula is C13H22N2. The van der Waals surface area contributed by atoms with Gasteiger partial charge in [0.2, 0.25) is 0 Å². The zero-order valence-electron chi connectivity index (χ0n) is 9.87. The maximum atomic E-state index is 4.11. The molecule has 1 rings (SSSR count). The van der Waals surface area contributed by atoms with Crippen molar-refractivity contribution in [3.05, 3.63) is 30.1 Å². The number of hydrogen-bond acceptors (Lipinski definition) is 2. The van der Waals surface area contributed by atoms with Gasteiger partial charge in [-0.05, 0) is 24.5 Å². The van der Waals surface area contributed by atoms with Crippen LogP contribution in [-0.2, 0) is 6.54 Å². The van der Waals surface area contributed by atoms with E-state index in [2.05, 4.69) is 30.2 Å². The molecule has 0 spiro atoms. The van der Waals surface area contributed by atoms with Gasteiger partial charge in [0.1, 0.15) is 0 Å². The minimum absolute atomic E-state index is 0.658. The molecule has 0 amide bonds. The molecule has 0 bridgehead atoms. The molecule has 0 unspecified atom stereocenters. The minimum atomic E-state index is 0.658. The molecule has 2 nitrogen and oxygen atoms in total. The Morgan fingerprint density at radius 1 is 1.40 bits per heavy atom. The van der Waals surface area contributed by atoms with Gasteiger partial charge in [-0.3, -0.25) is 4.98 Å². The predicted octanol–water partition coefficient (Wildman–Crippen LogP) is 3.14. The number of nitrogens with one attached hydrogen (secondary N) is 1. The third-order valence-corrected chi connectivity index (χ3v) is 2.72. The van der Waals surface area contributed by atoms with Crippen molar-refractivity contribution in [3.8, 4) is 0 Å². The van der Waals surface area contributed by atoms with E-state index in [-0.39, 0.29) is 0 Å². The van der Waals surface area contributed by atoms with Crippen molar-refractivity contribution in [3.63, 3.8) is 0 Å². The van der Waals surface area contributed by atoms with E-state index in [9.17, 15) is 0 Å². The summed E-state index contributed by atoms with van der Waals surface area (Å²) in [7, 11) is 0. The molecule has 0 radical (unpaired) electrons. The Kier molecular flexibility index (Phi) is 6.02. The second-order valence-corrected chi connectivity index (χ2v) is 3.99. The molecule has 0 aliphatic heterocycles. The first-order valence-electron chi connectivity index (χ1n) is 5.99. The SMILES string of the molecule is CCCC[C@@H](CC)NCc1cccnc1. The quantitative estimate of drug-likeness (QED) is 0.741. The van der Waals surface area contributed by atoms with Crippen molar-refractivity contribution in [2.75, 3.05) is 0 Å². The minimum Gasteiger partial charge on any atom is -0.310 e. The van der Waals surface area contributed by atoms with Crippen LogP contribution in [0.15, 0.2) is 24.5 Å². The number of hydrogen-bond donors (Lipinski definition) is 1. The van der Waals surface area contributed by atoms with Crippen LogP contribution in [0.4, 0.5) is 0 Å². The van der Waals surface area contributed by atoms with Crippen molar-refractivity contribution in [2.24, 2.45) is 0 Å². The van der Waals surface area contributed by atoms with E-state index in [4.69, 9.17) is 0 Å². The summed E-state index contributed by atoms with van der Waals surface area (Å²) >= 11 is 0. The Labute approximate surface area is 93.1 Å². The molecule has 1 aromatic rings. The molecule has 0 fully saturated rings. The molecule has 0 aromatic carbocycles. The Balaban J connectivity index is 2.28. The summed E-state index contributed by atoms with van der Waals surface area (Å²) in [6, 6.07) is 4.77. The molecule has 1 aromatic heterocycles. The first-order chi connectivity index (χ1) is 7.36. The molecule has 0 saturated heterocycles. The van der Waals surface area contributed by atoms with Gasteiger partial charge in [-0.1, -0.05) is 32.8 Å². The highest BCUT2D eigenvalue weighted by molar-refractivity contribution is 5.07. The van der Waals surface area contributed by atoms with E-state index >= 15 is 0 Å². The summed E-state index contributed by atoms with van der Waals surface area (Å²) < 4.78 is 0. The summed E-state index contributed by atoms with van der Waals surface area (Å²) in [5, 5.41) is 3.58. The van der Waals surface area contributed by atoms with E-state index < -0.39 is 0 Å². The third kappa shape index (κ3) is 4.93. The van der Waals surface area contributed by atoms with Crippen LogP contribution in [0.5, 0.6) is 0 Å². The molecule has 0 aliphatic rings. The lowest BCUT2D eigenvalue weighted by Gasteiger charge is -2.16. The zero-order valence-corrected chi connectivity index (χ0v) is 9.87. The smallest absolute Gasteiger partial charge is 0.0312 e. The monoisotopic (exact) mass is 206 g/mol. The largest absolute Gasteiger partial charge is 0.310 e. The first kappa shape index (κ1) is 12.2. The fourth-order valence-electron chi connectivity index (χ4n) is 1.67. The number of rotatable bonds is 7. The van der Waals surface area contributed by atoms with Crippen LogP contribution in [-0.4, -0.2) is 11.0 Å². The summed E-state index contributed by atoms with van der Waals surface area (Å²) in [6.07, 6.45) is 8.84. The maximum absolute atomic E-state index is 4.11. The molecule has 84 valence electrons. The average Bonchev–Trinajstić information content (AvgIpc) is 2.31. The van der Waals surface area contributed by atoms with E-state index in [1.54, 1.807) is 0 Å². The molecule has 1 N–H and O–H groups in total. The van der Waals surface area contributed by atoms with Crippen molar-refractivity contribution >= 4 is 0 Å². The Morgan fingerprint density at radius 3 is 2.87 bits per heavy atom. The van der Waals surface area contributed by atoms with Crippen LogP contribution in [0.25, 0.3) is 0 Å². The lowest BCUT2D eigenvalue weighted by atomic mass is 10.1. The standard InChI is InChI=1S/C13H22N2/c1-3-5-8-13(4-2)15-11-12-7-6-9-14-10-12/h6-7,9-10,13,15H,3-5,8,11H2,1-2H3/t13-/m1/s1. The fraction of sp³-hybridized carbons (Fsp3) is 0.615. The van der Waals surface area contributed by atoms with Crippen LogP contribution < -0.4 is 5.32 Å². The third-order valence-electron chi connectivity index (χ3n) is 2.72. The lowest BCUT2D eigenvalue weighted by Crippen LogP contribution is -2.27. The van der Waals surface area contributed by atoms with E-state index in [1.165, 1.54) is 31.2 Å². The van der Waals surface area contributed by atoms with Gasteiger partial charge < -0.3 is 5.32 Å². The molecule has 1 heterocycles. The van der Waals surface area contributed by atoms with Crippen LogP contribution in [0.2, 0.25) is 0 Å². The zero-order chi connectivity index (χ0) is 10.9. The van der Waals surface area contributed by atoms with Gasteiger partial charge >= 0.3 is 0 Å². The highest BCUT2D eigenvalue weighted by atomic mass is 14.9. The summed E-state index contributed by atoms with van der Waals surface area (Å²) in [5.41, 5.74) is 1.27. The maximum Gasteiger partial charge on any atom is 0.0312 e. The Bertz CT molecular complexity index is 246. The number of aromatic nitrogens is 1. The van der Waals surface area contributed by atoms with Gasteiger partial charge in [-0.2, -0.15) is 0 Å². The molecule has 0 aliphatic carbocycles. The topological polar surface area (TPSA) is 24.9 Å². The van der Waals surface area contributed by atoms with Gasteiger partial charge in [0.25, 0.3) is 0 Å². The number of nitrogens with zero attached hydrogens (tertiary/aromatic N) is 1. The van der Waals surface area contributed by atoms with E-state index in [0.717, 1.165) is 6.54 Å².